The van der Waals surface area contributed by atoms with Crippen LogP contribution >= 0.6 is 0 Å². The highest BCUT2D eigenvalue weighted by Crippen LogP contribution is 1.99. The summed E-state index contributed by atoms with van der Waals surface area (Å²) in [6.45, 7) is 2.94. The molecule has 1 N–H and O–H groups in total. The van der Waals surface area contributed by atoms with Crippen LogP contribution in [0.15, 0.2) is 54.6 Å². The standard InChI is InChI=1S/C17H23NO/c1-2-3-4-12-15-18-17(19)16-13-10-8-6-5-7-9-11-14-16/h5-11,13-14H,2-4,12,15H2,1H3,(H,18,19). The summed E-state index contributed by atoms with van der Waals surface area (Å²) in [7, 11) is 0. The molecule has 1 aromatic rings. The molecule has 0 fully saturated rings. The molecule has 2 heteroatoms. The molecule has 0 radical (unpaired) electrons. The number of carbonyl (C=O) groups is 1. The van der Waals surface area contributed by atoms with Gasteiger partial charge in [0.1, 0.15) is 0 Å². The van der Waals surface area contributed by atoms with Gasteiger partial charge in [-0.25, -0.2) is 0 Å². The van der Waals surface area contributed by atoms with E-state index >= 15 is 0 Å². The van der Waals surface area contributed by atoms with E-state index in [1.54, 1.807) is 0 Å². The maximum absolute atomic E-state index is 12.0. The third-order valence-corrected chi connectivity index (χ3v) is 2.80. The summed E-state index contributed by atoms with van der Waals surface area (Å²) >= 11 is 0. The van der Waals surface area contributed by atoms with E-state index in [0.717, 1.165) is 13.0 Å². The highest BCUT2D eigenvalue weighted by atomic mass is 16.1. The van der Waals surface area contributed by atoms with Crippen LogP contribution in [0.3, 0.4) is 0 Å². The molecule has 102 valence electrons. The van der Waals surface area contributed by atoms with Crippen LogP contribution in [-0.2, 0) is 0 Å². The fourth-order valence-corrected chi connectivity index (χ4v) is 1.70. The number of amides is 1. The van der Waals surface area contributed by atoms with E-state index in [9.17, 15) is 4.79 Å². The largest absolute Gasteiger partial charge is 0.352 e. The number of rotatable bonds is 6. The zero-order valence-electron chi connectivity index (χ0n) is 11.6. The monoisotopic (exact) mass is 257 g/mol. The molecule has 0 aliphatic heterocycles. The fourth-order valence-electron chi connectivity index (χ4n) is 1.70. The number of unbranched alkanes of at least 4 members (excludes halogenated alkanes) is 3. The van der Waals surface area contributed by atoms with Crippen molar-refractivity contribution in [3.8, 4) is 0 Å². The van der Waals surface area contributed by atoms with Crippen LogP contribution in [0.2, 0.25) is 0 Å². The van der Waals surface area contributed by atoms with Crippen LogP contribution in [0.1, 0.15) is 43.0 Å². The summed E-state index contributed by atoms with van der Waals surface area (Å²) in [6.07, 6.45) is 4.68. The van der Waals surface area contributed by atoms with Gasteiger partial charge in [-0.1, -0.05) is 68.7 Å². The van der Waals surface area contributed by atoms with E-state index in [0.29, 0.717) is 5.56 Å². The molecule has 0 aliphatic carbocycles. The van der Waals surface area contributed by atoms with Crippen molar-refractivity contribution in [3.05, 3.63) is 60.2 Å². The number of hydrogen-bond acceptors (Lipinski definition) is 1. The Bertz CT molecular complexity index is 402. The maximum Gasteiger partial charge on any atom is 0.251 e. The third-order valence-electron chi connectivity index (χ3n) is 2.80. The van der Waals surface area contributed by atoms with Gasteiger partial charge in [0.2, 0.25) is 0 Å². The Balaban J connectivity index is 2.56. The smallest absolute Gasteiger partial charge is 0.251 e. The summed E-state index contributed by atoms with van der Waals surface area (Å²) in [4.78, 5) is 12.0. The molecule has 1 rings (SSSR count). The van der Waals surface area contributed by atoms with E-state index in [2.05, 4.69) is 12.2 Å². The first-order valence-corrected chi connectivity index (χ1v) is 7.01. The predicted molar refractivity (Wildman–Crippen MR) is 80.5 cm³/mol. The molecule has 0 spiro atoms. The Morgan fingerprint density at radius 2 is 1.47 bits per heavy atom. The van der Waals surface area contributed by atoms with Crippen molar-refractivity contribution >= 4 is 5.91 Å². The molecule has 19 heavy (non-hydrogen) atoms. The minimum absolute atomic E-state index is 0.00430. The molecule has 0 aliphatic rings. The van der Waals surface area contributed by atoms with Crippen molar-refractivity contribution in [3.63, 3.8) is 0 Å². The van der Waals surface area contributed by atoms with Gasteiger partial charge in [0.25, 0.3) is 5.91 Å². The molecule has 0 aromatic heterocycles. The minimum atomic E-state index is -0.00430. The quantitative estimate of drug-likeness (QED) is 0.763. The van der Waals surface area contributed by atoms with E-state index in [-0.39, 0.29) is 5.91 Å². The molecular formula is C17H23NO. The van der Waals surface area contributed by atoms with Crippen molar-refractivity contribution < 1.29 is 4.79 Å². The third kappa shape index (κ3) is 7.24. The molecule has 0 saturated carbocycles. The SMILES string of the molecule is CCCCCCNC(=O)c1ccccccccc1. The molecule has 0 heterocycles. The Morgan fingerprint density at radius 3 is 2.05 bits per heavy atom. The van der Waals surface area contributed by atoms with Gasteiger partial charge in [-0.2, -0.15) is 0 Å². The van der Waals surface area contributed by atoms with Gasteiger partial charge in [-0.3, -0.25) is 4.79 Å². The topological polar surface area (TPSA) is 29.1 Å². The highest BCUT2D eigenvalue weighted by Gasteiger charge is 2.01. The van der Waals surface area contributed by atoms with Gasteiger partial charge in [0, 0.05) is 12.1 Å². The Kier molecular flexibility index (Phi) is 8.12. The van der Waals surface area contributed by atoms with Gasteiger partial charge >= 0.3 is 0 Å². The lowest BCUT2D eigenvalue weighted by molar-refractivity contribution is 0.0953. The molecule has 1 amide bonds. The zero-order valence-corrected chi connectivity index (χ0v) is 11.6. The average Bonchev–Trinajstić information content (AvgIpc) is 2.44. The van der Waals surface area contributed by atoms with Crippen LogP contribution in [0.5, 0.6) is 0 Å². The Morgan fingerprint density at radius 1 is 0.895 bits per heavy atom. The Hall–Kier alpha value is -1.83. The summed E-state index contributed by atoms with van der Waals surface area (Å²) in [6, 6.07) is 17.1. The first-order chi connectivity index (χ1) is 9.34. The number of carbonyl (C=O) groups excluding carboxylic acids is 1. The van der Waals surface area contributed by atoms with Crippen molar-refractivity contribution in [1.29, 1.82) is 0 Å². The molecule has 0 atom stereocenters. The molecule has 0 unspecified atom stereocenters. The molecule has 0 bridgehead atoms. The zero-order chi connectivity index (χ0) is 13.8. The van der Waals surface area contributed by atoms with Crippen molar-refractivity contribution in [2.75, 3.05) is 6.54 Å². The lowest BCUT2D eigenvalue weighted by atomic mass is 10.2. The van der Waals surface area contributed by atoms with Crippen molar-refractivity contribution in [2.45, 2.75) is 32.6 Å². The summed E-state index contributed by atoms with van der Waals surface area (Å²) in [5.41, 5.74) is 0.687. The van der Waals surface area contributed by atoms with Gasteiger partial charge in [-0.05, 0) is 18.6 Å². The molecule has 1 aromatic carbocycles. The normalized spacial score (nSPS) is 9.53. The van der Waals surface area contributed by atoms with E-state index in [1.165, 1.54) is 19.3 Å². The second-order valence-electron chi connectivity index (χ2n) is 4.45. The predicted octanol–water partition coefficient (Wildman–Crippen LogP) is 4.12. The van der Waals surface area contributed by atoms with E-state index in [4.69, 9.17) is 0 Å². The van der Waals surface area contributed by atoms with Crippen LogP contribution in [0.25, 0.3) is 0 Å². The lowest BCUT2D eigenvalue weighted by Crippen LogP contribution is -2.24. The summed E-state index contributed by atoms with van der Waals surface area (Å²) in [5, 5.41) is 2.96. The lowest BCUT2D eigenvalue weighted by Gasteiger charge is -2.03. The van der Waals surface area contributed by atoms with Gasteiger partial charge in [0.15, 0.2) is 0 Å². The maximum atomic E-state index is 12.0. The van der Waals surface area contributed by atoms with Gasteiger partial charge in [-0.15, -0.1) is 0 Å². The van der Waals surface area contributed by atoms with Crippen LogP contribution < -0.4 is 5.32 Å². The van der Waals surface area contributed by atoms with Crippen molar-refractivity contribution in [1.82, 2.24) is 5.32 Å². The van der Waals surface area contributed by atoms with Crippen LogP contribution in [0.4, 0.5) is 0 Å². The summed E-state index contributed by atoms with van der Waals surface area (Å²) in [5.74, 6) is -0.00430. The van der Waals surface area contributed by atoms with E-state index < -0.39 is 0 Å². The average molecular weight is 257 g/mol. The van der Waals surface area contributed by atoms with Gasteiger partial charge < -0.3 is 5.32 Å². The first kappa shape index (κ1) is 15.2. The van der Waals surface area contributed by atoms with Crippen LogP contribution in [0, 0.1) is 0 Å². The molecular weight excluding hydrogens is 234 g/mol. The second kappa shape index (κ2) is 10.1. The minimum Gasteiger partial charge on any atom is -0.352 e. The first-order valence-electron chi connectivity index (χ1n) is 7.01. The van der Waals surface area contributed by atoms with Crippen molar-refractivity contribution in [2.24, 2.45) is 0 Å². The Labute approximate surface area is 116 Å². The van der Waals surface area contributed by atoms with E-state index in [1.807, 2.05) is 54.6 Å². The fraction of sp³-hybridized carbons (Fsp3) is 0.353. The summed E-state index contributed by atoms with van der Waals surface area (Å²) < 4.78 is 0. The number of nitrogens with one attached hydrogen (secondary N) is 1. The second-order valence-corrected chi connectivity index (χ2v) is 4.45. The van der Waals surface area contributed by atoms with Crippen LogP contribution in [-0.4, -0.2) is 12.5 Å². The molecule has 0 saturated heterocycles. The van der Waals surface area contributed by atoms with Gasteiger partial charge in [0.05, 0.1) is 0 Å². The molecule has 2 nitrogen and oxygen atoms in total. The number of hydrogen-bond donors (Lipinski definition) is 1. The highest BCUT2D eigenvalue weighted by molar-refractivity contribution is 5.93.